The zero-order valence-electron chi connectivity index (χ0n) is 12.4. The van der Waals surface area contributed by atoms with Gasteiger partial charge in [-0.05, 0) is 12.1 Å². The van der Waals surface area contributed by atoms with Gasteiger partial charge in [-0.1, -0.05) is 23.4 Å². The van der Waals surface area contributed by atoms with Crippen LogP contribution in [0.2, 0.25) is 0 Å². The number of hydrogen-bond acceptors (Lipinski definition) is 7. The van der Waals surface area contributed by atoms with E-state index in [-0.39, 0.29) is 5.91 Å². The van der Waals surface area contributed by atoms with E-state index in [0.717, 1.165) is 5.56 Å². The molecule has 8 heteroatoms. The Bertz CT molecular complexity index is 784. The van der Waals surface area contributed by atoms with Gasteiger partial charge in [-0.25, -0.2) is 4.98 Å². The Morgan fingerprint density at radius 3 is 2.83 bits per heavy atom. The van der Waals surface area contributed by atoms with E-state index < -0.39 is 0 Å². The van der Waals surface area contributed by atoms with Crippen molar-refractivity contribution in [1.82, 2.24) is 20.4 Å². The number of anilines is 1. The Hall–Kier alpha value is -2.74. The van der Waals surface area contributed by atoms with Crippen molar-refractivity contribution < 1.29 is 9.32 Å². The molecule has 0 saturated carbocycles. The van der Waals surface area contributed by atoms with E-state index in [4.69, 9.17) is 4.52 Å². The van der Waals surface area contributed by atoms with E-state index in [1.807, 2.05) is 30.3 Å². The van der Waals surface area contributed by atoms with Gasteiger partial charge in [0.1, 0.15) is 5.69 Å². The molecule has 2 aromatic heterocycles. The number of carbonyl (C=O) groups is 1. The summed E-state index contributed by atoms with van der Waals surface area (Å²) in [5.41, 5.74) is 1.27. The predicted molar refractivity (Wildman–Crippen MR) is 87.4 cm³/mol. The molecule has 1 aromatic carbocycles. The normalized spacial score (nSPS) is 10.5. The van der Waals surface area contributed by atoms with Crippen molar-refractivity contribution in [2.45, 2.75) is 6.42 Å². The predicted octanol–water partition coefficient (Wildman–Crippen LogP) is 2.21. The summed E-state index contributed by atoms with van der Waals surface area (Å²) in [4.78, 5) is 20.4. The molecule has 0 saturated heterocycles. The number of benzene rings is 1. The molecular weight excluding hydrogens is 314 g/mol. The van der Waals surface area contributed by atoms with Crippen molar-refractivity contribution in [2.75, 3.05) is 18.9 Å². The molecule has 1 amide bonds. The van der Waals surface area contributed by atoms with Crippen LogP contribution in [0.25, 0.3) is 11.5 Å². The Kier molecular flexibility index (Phi) is 4.62. The Morgan fingerprint density at radius 1 is 1.26 bits per heavy atom. The van der Waals surface area contributed by atoms with E-state index in [1.54, 1.807) is 12.4 Å². The molecule has 0 unspecified atom stereocenters. The highest BCUT2D eigenvalue weighted by molar-refractivity contribution is 7.13. The van der Waals surface area contributed by atoms with Gasteiger partial charge in [0.15, 0.2) is 11.0 Å². The lowest BCUT2D eigenvalue weighted by Gasteiger charge is -2.00. The van der Waals surface area contributed by atoms with Crippen LogP contribution in [0.5, 0.6) is 0 Å². The van der Waals surface area contributed by atoms with Crippen molar-refractivity contribution >= 4 is 22.4 Å². The Morgan fingerprint density at radius 2 is 2.09 bits per heavy atom. The minimum Gasteiger partial charge on any atom is -0.365 e. The number of thiazole rings is 1. The second kappa shape index (κ2) is 7.01. The molecule has 0 fully saturated rings. The molecule has 0 aliphatic rings. The molecule has 2 heterocycles. The van der Waals surface area contributed by atoms with Gasteiger partial charge in [-0.15, -0.1) is 11.3 Å². The Labute approximate surface area is 136 Å². The Balaban J connectivity index is 1.53. The highest BCUT2D eigenvalue weighted by Gasteiger charge is 2.11. The summed E-state index contributed by atoms with van der Waals surface area (Å²) < 4.78 is 5.22. The lowest BCUT2D eigenvalue weighted by molar-refractivity contribution is 0.0949. The van der Waals surface area contributed by atoms with E-state index in [0.29, 0.717) is 35.5 Å². The van der Waals surface area contributed by atoms with Gasteiger partial charge >= 0.3 is 0 Å². The molecule has 0 bridgehead atoms. The summed E-state index contributed by atoms with van der Waals surface area (Å²) >= 11 is 1.39. The largest absolute Gasteiger partial charge is 0.365 e. The average molecular weight is 329 g/mol. The number of nitrogens with zero attached hydrogens (tertiary/aromatic N) is 3. The highest BCUT2D eigenvalue weighted by atomic mass is 32.1. The zero-order valence-corrected chi connectivity index (χ0v) is 13.3. The second-order valence-electron chi connectivity index (χ2n) is 4.68. The molecule has 2 N–H and O–H groups in total. The number of rotatable bonds is 6. The third-order valence-corrected chi connectivity index (χ3v) is 3.93. The van der Waals surface area contributed by atoms with E-state index >= 15 is 0 Å². The lowest BCUT2D eigenvalue weighted by atomic mass is 10.2. The number of hydrogen-bond donors (Lipinski definition) is 2. The van der Waals surface area contributed by atoms with E-state index in [1.165, 1.54) is 11.3 Å². The molecule has 0 aliphatic heterocycles. The minimum atomic E-state index is -0.213. The summed E-state index contributed by atoms with van der Waals surface area (Å²) in [6.45, 7) is 0.416. The van der Waals surface area contributed by atoms with Crippen LogP contribution in [-0.4, -0.2) is 34.6 Å². The summed E-state index contributed by atoms with van der Waals surface area (Å²) in [6, 6.07) is 9.55. The van der Waals surface area contributed by atoms with Crippen LogP contribution in [0, 0.1) is 0 Å². The first-order chi connectivity index (χ1) is 11.3. The van der Waals surface area contributed by atoms with Gasteiger partial charge in [-0.3, -0.25) is 4.79 Å². The standard InChI is InChI=1S/C15H15N5O2S/c1-16-15-18-11(9-23-15)13(21)17-8-7-12-19-14(22-20-12)10-5-3-2-4-6-10/h2-6,9H,7-8H2,1H3,(H,16,18)(H,17,21). The molecule has 23 heavy (non-hydrogen) atoms. The molecule has 3 aromatic rings. The van der Waals surface area contributed by atoms with Crippen LogP contribution in [0.3, 0.4) is 0 Å². The lowest BCUT2D eigenvalue weighted by Crippen LogP contribution is -2.26. The smallest absolute Gasteiger partial charge is 0.270 e. The monoisotopic (exact) mass is 329 g/mol. The summed E-state index contributed by atoms with van der Waals surface area (Å²) in [6.07, 6.45) is 0.491. The number of nitrogens with one attached hydrogen (secondary N) is 2. The third-order valence-electron chi connectivity index (χ3n) is 3.07. The first kappa shape index (κ1) is 15.2. The molecule has 7 nitrogen and oxygen atoms in total. The van der Waals surface area contributed by atoms with Crippen LogP contribution < -0.4 is 10.6 Å². The van der Waals surface area contributed by atoms with Gasteiger partial charge in [-0.2, -0.15) is 4.98 Å². The van der Waals surface area contributed by atoms with Gasteiger partial charge in [0.2, 0.25) is 0 Å². The fourth-order valence-corrected chi connectivity index (χ4v) is 2.58. The number of amides is 1. The van der Waals surface area contributed by atoms with E-state index in [9.17, 15) is 4.79 Å². The molecule has 0 radical (unpaired) electrons. The molecule has 118 valence electrons. The van der Waals surface area contributed by atoms with Crippen LogP contribution in [-0.2, 0) is 6.42 Å². The summed E-state index contributed by atoms with van der Waals surface area (Å²) in [5.74, 6) is 0.818. The SMILES string of the molecule is CNc1nc(C(=O)NCCc2noc(-c3ccccc3)n2)cs1. The highest BCUT2D eigenvalue weighted by Crippen LogP contribution is 2.16. The van der Waals surface area contributed by atoms with Gasteiger partial charge in [0.25, 0.3) is 11.8 Å². The molecule has 3 rings (SSSR count). The van der Waals surface area contributed by atoms with Crippen LogP contribution >= 0.6 is 11.3 Å². The second-order valence-corrected chi connectivity index (χ2v) is 5.53. The maximum atomic E-state index is 11.9. The summed E-state index contributed by atoms with van der Waals surface area (Å²) in [7, 11) is 1.76. The maximum absolute atomic E-state index is 11.9. The summed E-state index contributed by atoms with van der Waals surface area (Å²) in [5, 5.41) is 12.0. The molecule has 0 atom stereocenters. The fraction of sp³-hybridized carbons (Fsp3) is 0.200. The van der Waals surface area contributed by atoms with Crippen molar-refractivity contribution in [3.63, 3.8) is 0 Å². The minimum absolute atomic E-state index is 0.213. The number of carbonyl (C=O) groups excluding carboxylic acids is 1. The van der Waals surface area contributed by atoms with Gasteiger partial charge < -0.3 is 15.2 Å². The first-order valence-corrected chi connectivity index (χ1v) is 7.93. The maximum Gasteiger partial charge on any atom is 0.270 e. The topological polar surface area (TPSA) is 92.9 Å². The average Bonchev–Trinajstić information content (AvgIpc) is 3.25. The van der Waals surface area contributed by atoms with Crippen LogP contribution in [0.4, 0.5) is 5.13 Å². The van der Waals surface area contributed by atoms with Gasteiger partial charge in [0, 0.05) is 31.0 Å². The van der Waals surface area contributed by atoms with Crippen LogP contribution in [0.15, 0.2) is 40.2 Å². The fourth-order valence-electron chi connectivity index (χ4n) is 1.92. The first-order valence-electron chi connectivity index (χ1n) is 7.06. The third kappa shape index (κ3) is 3.72. The quantitative estimate of drug-likeness (QED) is 0.720. The molecule has 0 aliphatic carbocycles. The van der Waals surface area contributed by atoms with Gasteiger partial charge in [0.05, 0.1) is 0 Å². The molecular formula is C15H15N5O2S. The van der Waals surface area contributed by atoms with Crippen molar-refractivity contribution in [3.8, 4) is 11.5 Å². The molecule has 0 spiro atoms. The van der Waals surface area contributed by atoms with E-state index in [2.05, 4.69) is 25.8 Å². The van der Waals surface area contributed by atoms with Crippen molar-refractivity contribution in [1.29, 1.82) is 0 Å². The van der Waals surface area contributed by atoms with Crippen LogP contribution in [0.1, 0.15) is 16.3 Å². The zero-order chi connectivity index (χ0) is 16.1. The number of aromatic nitrogens is 3. The van der Waals surface area contributed by atoms with Crippen molar-refractivity contribution in [3.05, 3.63) is 47.2 Å². The van der Waals surface area contributed by atoms with Crippen molar-refractivity contribution in [2.24, 2.45) is 0 Å².